The zero-order valence-corrected chi connectivity index (χ0v) is 13.8. The minimum absolute atomic E-state index is 0.181. The molecule has 0 fully saturated rings. The van der Waals surface area contributed by atoms with Crippen molar-refractivity contribution in [1.29, 1.82) is 5.26 Å². The molecule has 6 heteroatoms. The third-order valence-corrected chi connectivity index (χ3v) is 3.21. The van der Waals surface area contributed by atoms with E-state index in [0.717, 1.165) is 0 Å². The third kappa shape index (κ3) is 6.83. The number of rotatable bonds is 8. The molecule has 0 aliphatic rings. The Balaban J connectivity index is 2.33. The van der Waals surface area contributed by atoms with Crippen LogP contribution < -0.4 is 15.4 Å². The Hall–Kier alpha value is -2.55. The molecule has 6 nitrogen and oxygen atoms in total. The molecule has 0 radical (unpaired) electrons. The molecular formula is C17H23N3O3. The molecule has 124 valence electrons. The smallest absolute Gasteiger partial charge is 0.260 e. The first-order valence-electron chi connectivity index (χ1n) is 7.62. The highest BCUT2D eigenvalue weighted by molar-refractivity contribution is 5.81. The standard InChI is InChI=1S/C17H23N3O3/c1-12(2)14-4-6-15(7-5-14)23-13(3)17(22)20-11-10-19-16(21)8-9-18/h4-7,12-13H,8,10-11H2,1-3H3,(H,19,21)(H,20,22). The number of carbonyl (C=O) groups is 2. The second-order valence-electron chi connectivity index (χ2n) is 5.46. The van der Waals surface area contributed by atoms with Crippen molar-refractivity contribution in [2.75, 3.05) is 13.1 Å². The lowest BCUT2D eigenvalue weighted by molar-refractivity contribution is -0.127. The zero-order chi connectivity index (χ0) is 17.2. The van der Waals surface area contributed by atoms with Crippen LogP contribution in [0, 0.1) is 11.3 Å². The highest BCUT2D eigenvalue weighted by Crippen LogP contribution is 2.19. The summed E-state index contributed by atoms with van der Waals surface area (Å²) in [7, 11) is 0. The summed E-state index contributed by atoms with van der Waals surface area (Å²) in [6.07, 6.45) is -0.811. The van der Waals surface area contributed by atoms with Crippen molar-refractivity contribution >= 4 is 11.8 Å². The normalized spacial score (nSPS) is 11.4. The molecule has 0 saturated heterocycles. The van der Waals surface area contributed by atoms with E-state index in [-0.39, 0.29) is 31.3 Å². The quantitative estimate of drug-likeness (QED) is 0.714. The molecule has 23 heavy (non-hydrogen) atoms. The van der Waals surface area contributed by atoms with Crippen molar-refractivity contribution in [2.45, 2.75) is 39.2 Å². The van der Waals surface area contributed by atoms with E-state index >= 15 is 0 Å². The largest absolute Gasteiger partial charge is 0.481 e. The Morgan fingerprint density at radius 3 is 2.30 bits per heavy atom. The number of nitriles is 1. The van der Waals surface area contributed by atoms with Gasteiger partial charge in [-0.3, -0.25) is 9.59 Å². The van der Waals surface area contributed by atoms with Crippen molar-refractivity contribution < 1.29 is 14.3 Å². The van der Waals surface area contributed by atoms with Gasteiger partial charge >= 0.3 is 0 Å². The van der Waals surface area contributed by atoms with Crippen LogP contribution in [0.1, 0.15) is 38.7 Å². The summed E-state index contributed by atoms with van der Waals surface area (Å²) in [4.78, 5) is 23.0. The Morgan fingerprint density at radius 2 is 1.74 bits per heavy atom. The summed E-state index contributed by atoms with van der Waals surface area (Å²) in [5, 5.41) is 13.5. The van der Waals surface area contributed by atoms with Crippen molar-refractivity contribution in [2.24, 2.45) is 0 Å². The van der Waals surface area contributed by atoms with Crippen LogP contribution in [0.2, 0.25) is 0 Å². The molecule has 1 aromatic carbocycles. The topological polar surface area (TPSA) is 91.2 Å². The highest BCUT2D eigenvalue weighted by Gasteiger charge is 2.14. The van der Waals surface area contributed by atoms with Gasteiger partial charge in [-0.1, -0.05) is 26.0 Å². The van der Waals surface area contributed by atoms with Crippen LogP contribution in [0.4, 0.5) is 0 Å². The van der Waals surface area contributed by atoms with Gasteiger partial charge in [0, 0.05) is 13.1 Å². The number of nitrogens with zero attached hydrogens (tertiary/aromatic N) is 1. The molecule has 0 saturated carbocycles. The minimum atomic E-state index is -0.630. The number of hydrogen-bond acceptors (Lipinski definition) is 4. The van der Waals surface area contributed by atoms with Gasteiger partial charge in [0.15, 0.2) is 6.10 Å². The number of amides is 2. The average Bonchev–Trinajstić information content (AvgIpc) is 2.52. The Morgan fingerprint density at radius 1 is 1.13 bits per heavy atom. The van der Waals surface area contributed by atoms with E-state index in [1.165, 1.54) is 5.56 Å². The molecule has 2 amide bonds. The number of ether oxygens (including phenoxy) is 1. The lowest BCUT2D eigenvalue weighted by Crippen LogP contribution is -2.40. The van der Waals surface area contributed by atoms with Crippen molar-refractivity contribution in [3.8, 4) is 11.8 Å². The first kappa shape index (κ1) is 18.5. The van der Waals surface area contributed by atoms with Gasteiger partial charge in [0.2, 0.25) is 5.91 Å². The second-order valence-corrected chi connectivity index (χ2v) is 5.46. The van der Waals surface area contributed by atoms with E-state index in [1.807, 2.05) is 24.3 Å². The maximum Gasteiger partial charge on any atom is 0.260 e. The van der Waals surface area contributed by atoms with Crippen LogP contribution in [0.15, 0.2) is 24.3 Å². The van der Waals surface area contributed by atoms with Crippen LogP contribution in [0.5, 0.6) is 5.75 Å². The molecule has 0 spiro atoms. The van der Waals surface area contributed by atoms with Gasteiger partial charge in [-0.2, -0.15) is 5.26 Å². The van der Waals surface area contributed by atoms with Gasteiger partial charge in [-0.25, -0.2) is 0 Å². The molecule has 1 atom stereocenters. The van der Waals surface area contributed by atoms with E-state index in [0.29, 0.717) is 11.7 Å². The Bertz CT molecular complexity index is 561. The van der Waals surface area contributed by atoms with Gasteiger partial charge in [-0.15, -0.1) is 0 Å². The molecule has 0 aliphatic carbocycles. The van der Waals surface area contributed by atoms with Crippen LogP contribution in [0.3, 0.4) is 0 Å². The van der Waals surface area contributed by atoms with E-state index < -0.39 is 6.10 Å². The van der Waals surface area contributed by atoms with E-state index in [4.69, 9.17) is 10.00 Å². The zero-order valence-electron chi connectivity index (χ0n) is 13.8. The maximum atomic E-state index is 11.9. The predicted molar refractivity (Wildman–Crippen MR) is 86.9 cm³/mol. The first-order chi connectivity index (χ1) is 10.9. The third-order valence-electron chi connectivity index (χ3n) is 3.21. The highest BCUT2D eigenvalue weighted by atomic mass is 16.5. The second kappa shape index (κ2) is 9.46. The Labute approximate surface area is 136 Å². The molecule has 0 aromatic heterocycles. The van der Waals surface area contributed by atoms with E-state index in [1.54, 1.807) is 13.0 Å². The van der Waals surface area contributed by atoms with Gasteiger partial charge in [0.1, 0.15) is 12.2 Å². The van der Waals surface area contributed by atoms with Crippen LogP contribution in [-0.4, -0.2) is 31.0 Å². The van der Waals surface area contributed by atoms with Crippen LogP contribution >= 0.6 is 0 Å². The lowest BCUT2D eigenvalue weighted by atomic mass is 10.0. The summed E-state index contributed by atoms with van der Waals surface area (Å²) >= 11 is 0. The fraction of sp³-hybridized carbons (Fsp3) is 0.471. The van der Waals surface area contributed by atoms with Crippen LogP contribution in [-0.2, 0) is 9.59 Å². The lowest BCUT2D eigenvalue weighted by Gasteiger charge is -2.15. The predicted octanol–water partition coefficient (Wildman–Crippen LogP) is 1.72. The molecule has 1 unspecified atom stereocenters. The summed E-state index contributed by atoms with van der Waals surface area (Å²) in [6, 6.07) is 9.41. The van der Waals surface area contributed by atoms with Gasteiger partial charge < -0.3 is 15.4 Å². The molecule has 1 rings (SSSR count). The van der Waals surface area contributed by atoms with Gasteiger partial charge in [0.05, 0.1) is 6.07 Å². The number of benzene rings is 1. The summed E-state index contributed by atoms with van der Waals surface area (Å²) in [5.74, 6) is 0.476. The fourth-order valence-electron chi connectivity index (χ4n) is 1.85. The first-order valence-corrected chi connectivity index (χ1v) is 7.62. The SMILES string of the molecule is CC(Oc1ccc(C(C)C)cc1)C(=O)NCCNC(=O)CC#N. The summed E-state index contributed by atoms with van der Waals surface area (Å²) in [5.41, 5.74) is 1.21. The fourth-order valence-corrected chi connectivity index (χ4v) is 1.85. The summed E-state index contributed by atoms with van der Waals surface area (Å²) in [6.45, 7) is 6.46. The number of hydrogen-bond donors (Lipinski definition) is 2. The molecular weight excluding hydrogens is 294 g/mol. The average molecular weight is 317 g/mol. The monoisotopic (exact) mass is 317 g/mol. The Kier molecular flexibility index (Phi) is 7.61. The van der Waals surface area contributed by atoms with Crippen molar-refractivity contribution in [3.05, 3.63) is 29.8 Å². The van der Waals surface area contributed by atoms with Gasteiger partial charge in [0.25, 0.3) is 5.91 Å². The van der Waals surface area contributed by atoms with Crippen molar-refractivity contribution in [3.63, 3.8) is 0 Å². The molecule has 1 aromatic rings. The van der Waals surface area contributed by atoms with Gasteiger partial charge in [-0.05, 0) is 30.5 Å². The van der Waals surface area contributed by atoms with Crippen LogP contribution in [0.25, 0.3) is 0 Å². The summed E-state index contributed by atoms with van der Waals surface area (Å²) < 4.78 is 5.59. The minimum Gasteiger partial charge on any atom is -0.481 e. The van der Waals surface area contributed by atoms with Crippen molar-refractivity contribution in [1.82, 2.24) is 10.6 Å². The van der Waals surface area contributed by atoms with E-state index in [9.17, 15) is 9.59 Å². The molecule has 0 bridgehead atoms. The maximum absolute atomic E-state index is 11.9. The number of nitrogens with one attached hydrogen (secondary N) is 2. The molecule has 0 aliphatic heterocycles. The number of carbonyl (C=O) groups excluding carboxylic acids is 2. The van der Waals surface area contributed by atoms with E-state index in [2.05, 4.69) is 24.5 Å². The molecule has 2 N–H and O–H groups in total. The molecule has 0 heterocycles.